The van der Waals surface area contributed by atoms with E-state index in [1.54, 1.807) is 0 Å². The topological polar surface area (TPSA) is 149 Å². The smallest absolute Gasteiger partial charge is 0.220 e. The van der Waals surface area contributed by atoms with Crippen LogP contribution in [0.2, 0.25) is 0 Å². The van der Waals surface area contributed by atoms with Gasteiger partial charge in [0.2, 0.25) is 5.91 Å². The minimum atomic E-state index is -1.56. The molecular formula is C86H153NO8. The van der Waals surface area contributed by atoms with E-state index in [9.17, 15) is 30.3 Å². The summed E-state index contributed by atoms with van der Waals surface area (Å²) in [5.41, 5.74) is 0. The minimum Gasteiger partial charge on any atom is -0.394 e. The number of rotatable bonds is 71. The zero-order valence-electron chi connectivity index (χ0n) is 61.9. The number of hydrogen-bond acceptors (Lipinski definition) is 8. The van der Waals surface area contributed by atoms with Crippen molar-refractivity contribution in [3.8, 4) is 0 Å². The zero-order chi connectivity index (χ0) is 68.5. The molecule has 7 atom stereocenters. The number of allylic oxidation sites excluding steroid dienone is 18. The Morgan fingerprint density at radius 1 is 0.368 bits per heavy atom. The van der Waals surface area contributed by atoms with Gasteiger partial charge in [-0.2, -0.15) is 0 Å². The van der Waals surface area contributed by atoms with E-state index in [0.29, 0.717) is 12.8 Å². The van der Waals surface area contributed by atoms with Crippen LogP contribution in [-0.4, -0.2) is 87.5 Å². The predicted octanol–water partition coefficient (Wildman–Crippen LogP) is 23.5. The van der Waals surface area contributed by atoms with Gasteiger partial charge in [0.15, 0.2) is 6.29 Å². The van der Waals surface area contributed by atoms with E-state index in [1.807, 2.05) is 0 Å². The molecule has 1 aliphatic heterocycles. The molecule has 0 bridgehead atoms. The van der Waals surface area contributed by atoms with E-state index in [0.717, 1.165) is 103 Å². The van der Waals surface area contributed by atoms with E-state index >= 15 is 0 Å². The molecule has 0 spiro atoms. The first kappa shape index (κ1) is 89.9. The van der Waals surface area contributed by atoms with Gasteiger partial charge < -0.3 is 40.3 Å². The molecule has 0 radical (unpaired) electrons. The summed E-state index contributed by atoms with van der Waals surface area (Å²) in [6.07, 6.45) is 102. The standard InChI is InChI=1S/C86H153NO8/c1-3-5-7-9-11-13-15-17-19-21-23-25-27-29-31-33-35-37-38-39-40-41-42-44-46-48-50-52-54-56-58-60-62-64-66-68-70-72-74-76-82(90)87-79(78-94-86-85(93)84(92)83(91)81(77-88)95-86)80(89)75-73-71-69-67-65-63-61-59-57-55-53-51-49-47-45-43-36-34-32-30-28-26-24-22-20-18-16-14-12-10-8-6-4-2/h5,7,11,13,17,19,23,25,29,31,35,37,39-40,42,44,48,50,79-81,83-86,88-89,91-93H,3-4,6,8-10,12,14-16,18,20-22,24,26-28,30,32-34,36,38,41,43,45-47,49,51-78H2,1-2H3,(H,87,90)/b7-5-,13-11-,19-17-,25-23-,31-29-,37-35-,40-39-,44-42-,50-48-. The Kier molecular flexibility index (Phi) is 69.6. The third-order valence-corrected chi connectivity index (χ3v) is 18.9. The monoisotopic (exact) mass is 1330 g/mol. The highest BCUT2D eigenvalue weighted by molar-refractivity contribution is 5.76. The maximum absolute atomic E-state index is 13.2. The number of aliphatic hydroxyl groups is 5. The minimum absolute atomic E-state index is 0.142. The second-order valence-corrected chi connectivity index (χ2v) is 27.8. The molecule has 9 nitrogen and oxygen atoms in total. The molecule has 1 amide bonds. The largest absolute Gasteiger partial charge is 0.394 e. The molecule has 1 fully saturated rings. The molecule has 0 aromatic heterocycles. The van der Waals surface area contributed by atoms with Crippen molar-refractivity contribution in [2.75, 3.05) is 13.2 Å². The molecule has 0 aromatic rings. The van der Waals surface area contributed by atoms with E-state index in [2.05, 4.69) is 129 Å². The van der Waals surface area contributed by atoms with Crippen molar-refractivity contribution in [2.45, 2.75) is 416 Å². The van der Waals surface area contributed by atoms with Crippen LogP contribution in [-0.2, 0) is 14.3 Å². The fourth-order valence-electron chi connectivity index (χ4n) is 12.6. The van der Waals surface area contributed by atoms with Crippen LogP contribution in [0.1, 0.15) is 373 Å². The molecular weight excluding hydrogens is 1170 g/mol. The van der Waals surface area contributed by atoms with Gasteiger partial charge in [-0.05, 0) is 83.5 Å². The Bertz CT molecular complexity index is 1880. The lowest BCUT2D eigenvalue weighted by atomic mass is 9.99. The molecule has 0 aromatic carbocycles. The van der Waals surface area contributed by atoms with Crippen LogP contribution in [0.4, 0.5) is 0 Å². The Labute approximate surface area is 586 Å². The zero-order valence-corrected chi connectivity index (χ0v) is 61.9. The molecule has 9 heteroatoms. The number of nitrogens with one attached hydrogen (secondary N) is 1. The lowest BCUT2D eigenvalue weighted by Crippen LogP contribution is -2.60. The molecule has 6 N–H and O–H groups in total. The predicted molar refractivity (Wildman–Crippen MR) is 410 cm³/mol. The molecule has 550 valence electrons. The second-order valence-electron chi connectivity index (χ2n) is 27.8. The van der Waals surface area contributed by atoms with Crippen molar-refractivity contribution in [3.63, 3.8) is 0 Å². The summed E-state index contributed by atoms with van der Waals surface area (Å²) in [6, 6.07) is -0.730. The molecule has 7 unspecified atom stereocenters. The van der Waals surface area contributed by atoms with Gasteiger partial charge in [0.05, 0.1) is 25.4 Å². The van der Waals surface area contributed by atoms with Crippen molar-refractivity contribution in [2.24, 2.45) is 0 Å². The highest BCUT2D eigenvalue weighted by Crippen LogP contribution is 2.24. The Morgan fingerprint density at radius 3 is 0.968 bits per heavy atom. The van der Waals surface area contributed by atoms with E-state index in [-0.39, 0.29) is 12.5 Å². The lowest BCUT2D eigenvalue weighted by Gasteiger charge is -2.40. The van der Waals surface area contributed by atoms with Crippen molar-refractivity contribution < 1.29 is 39.8 Å². The molecule has 1 rings (SSSR count). The number of aliphatic hydroxyl groups excluding tert-OH is 5. The first-order valence-electron chi connectivity index (χ1n) is 40.6. The summed E-state index contributed by atoms with van der Waals surface area (Å²) in [5, 5.41) is 55.1. The number of ether oxygens (including phenoxy) is 2. The molecule has 95 heavy (non-hydrogen) atoms. The third-order valence-electron chi connectivity index (χ3n) is 18.9. The first-order chi connectivity index (χ1) is 46.8. The van der Waals surface area contributed by atoms with Crippen LogP contribution >= 0.6 is 0 Å². The summed E-state index contributed by atoms with van der Waals surface area (Å²) >= 11 is 0. The van der Waals surface area contributed by atoms with Gasteiger partial charge in [-0.15, -0.1) is 0 Å². The van der Waals surface area contributed by atoms with Gasteiger partial charge in [-0.1, -0.05) is 393 Å². The van der Waals surface area contributed by atoms with Gasteiger partial charge >= 0.3 is 0 Å². The van der Waals surface area contributed by atoms with Crippen LogP contribution in [0.25, 0.3) is 0 Å². The molecule has 0 aliphatic carbocycles. The fraction of sp³-hybridized carbons (Fsp3) is 0.779. The summed E-state index contributed by atoms with van der Waals surface area (Å²) in [4.78, 5) is 13.2. The van der Waals surface area contributed by atoms with Gasteiger partial charge in [0.25, 0.3) is 0 Å². The third kappa shape index (κ3) is 61.7. The van der Waals surface area contributed by atoms with E-state index in [4.69, 9.17) is 9.47 Å². The van der Waals surface area contributed by atoms with E-state index in [1.165, 1.54) is 244 Å². The van der Waals surface area contributed by atoms with Crippen LogP contribution in [0.15, 0.2) is 109 Å². The first-order valence-corrected chi connectivity index (χ1v) is 40.6. The van der Waals surface area contributed by atoms with Crippen LogP contribution in [0, 0.1) is 0 Å². The highest BCUT2D eigenvalue weighted by Gasteiger charge is 2.44. The van der Waals surface area contributed by atoms with Crippen molar-refractivity contribution in [3.05, 3.63) is 109 Å². The van der Waals surface area contributed by atoms with Crippen molar-refractivity contribution in [1.82, 2.24) is 5.32 Å². The average molecular weight is 1330 g/mol. The number of carbonyl (C=O) groups excluding carboxylic acids is 1. The molecule has 1 aliphatic rings. The summed E-state index contributed by atoms with van der Waals surface area (Å²) in [7, 11) is 0. The Hall–Kier alpha value is -3.15. The lowest BCUT2D eigenvalue weighted by molar-refractivity contribution is -0.302. The molecule has 1 saturated heterocycles. The second kappa shape index (κ2) is 73.6. The molecule has 0 saturated carbocycles. The fourth-order valence-corrected chi connectivity index (χ4v) is 12.6. The van der Waals surface area contributed by atoms with Gasteiger partial charge in [0, 0.05) is 6.42 Å². The number of unbranched alkanes of at least 4 members (excludes halogenated alkanes) is 43. The summed E-state index contributed by atoms with van der Waals surface area (Å²) < 4.78 is 11.4. The van der Waals surface area contributed by atoms with Crippen LogP contribution < -0.4 is 5.32 Å². The average Bonchev–Trinajstić information content (AvgIpc) is 0.836. The van der Waals surface area contributed by atoms with Gasteiger partial charge in [-0.25, -0.2) is 0 Å². The van der Waals surface area contributed by atoms with Crippen LogP contribution in [0.5, 0.6) is 0 Å². The van der Waals surface area contributed by atoms with Crippen molar-refractivity contribution in [1.29, 1.82) is 0 Å². The Balaban J connectivity index is 2.08. The highest BCUT2D eigenvalue weighted by atomic mass is 16.7. The van der Waals surface area contributed by atoms with Gasteiger partial charge in [0.1, 0.15) is 24.4 Å². The van der Waals surface area contributed by atoms with Gasteiger partial charge in [-0.3, -0.25) is 4.79 Å². The van der Waals surface area contributed by atoms with E-state index < -0.39 is 49.5 Å². The van der Waals surface area contributed by atoms with Crippen molar-refractivity contribution >= 4 is 5.91 Å². The molecule has 1 heterocycles. The SMILES string of the molecule is CC/C=C\C/C=C\C/C=C\C/C=C\C/C=C\C/C=C\C/C=C\C/C=C\C/C=C\CCCCCCCCCCCCCC(=O)NC(COC1OC(CO)C(O)C(O)C1O)C(O)CCCCCCCCCCCCCCCCCCCCCCCCCCCCCCCCCCC. The summed E-state index contributed by atoms with van der Waals surface area (Å²) in [5.74, 6) is -0.146. The number of hydrogen-bond donors (Lipinski definition) is 6. The number of carbonyl (C=O) groups is 1. The number of amides is 1. The normalized spacial score (nSPS) is 18.1. The summed E-state index contributed by atoms with van der Waals surface area (Å²) in [6.45, 7) is 3.77. The maximum Gasteiger partial charge on any atom is 0.220 e. The quantitative estimate of drug-likeness (QED) is 0.0261. The maximum atomic E-state index is 13.2. The Morgan fingerprint density at radius 2 is 0.653 bits per heavy atom. The van der Waals surface area contributed by atoms with Crippen LogP contribution in [0.3, 0.4) is 0 Å².